The Labute approximate surface area is 164 Å². The van der Waals surface area contributed by atoms with Gasteiger partial charge in [0, 0.05) is 18.5 Å². The van der Waals surface area contributed by atoms with Gasteiger partial charge in [0.25, 0.3) is 0 Å². The Hall–Kier alpha value is -2.21. The number of thiazole rings is 1. The van der Waals surface area contributed by atoms with E-state index in [1.807, 2.05) is 62.9 Å². The summed E-state index contributed by atoms with van der Waals surface area (Å²) in [6.07, 6.45) is 1.64. The number of nitrogens with zero attached hydrogens (tertiary/aromatic N) is 2. The number of rotatable bonds is 3. The molecule has 1 aliphatic rings. The third kappa shape index (κ3) is 4.56. The molecule has 5 nitrogen and oxygen atoms in total. The Morgan fingerprint density at radius 3 is 2.59 bits per heavy atom. The second-order valence-corrected chi connectivity index (χ2v) is 9.31. The van der Waals surface area contributed by atoms with Gasteiger partial charge in [0.15, 0.2) is 5.82 Å². The van der Waals surface area contributed by atoms with Crippen LogP contribution >= 0.6 is 11.3 Å². The van der Waals surface area contributed by atoms with Gasteiger partial charge in [-0.1, -0.05) is 51.1 Å². The standard InChI is InChI=1S/C21H27N3O2S/c1-14-22-18(17(27-14)15-9-6-5-7-10-15)23-19(25)16-11-8-12-24(13-16)20(26)21(2,3)4/h5-7,9-10,16H,8,11-13H2,1-4H3,(H,23,25)/t16-/m0/s1. The van der Waals surface area contributed by atoms with Crippen LogP contribution in [0, 0.1) is 18.3 Å². The van der Waals surface area contributed by atoms with E-state index in [1.165, 1.54) is 0 Å². The Kier molecular flexibility index (Phi) is 5.65. The molecule has 2 aromatic rings. The van der Waals surface area contributed by atoms with Crippen LogP contribution in [0.5, 0.6) is 0 Å². The zero-order valence-electron chi connectivity index (χ0n) is 16.4. The molecule has 1 aliphatic heterocycles. The molecule has 1 aromatic heterocycles. The zero-order valence-corrected chi connectivity index (χ0v) is 17.2. The van der Waals surface area contributed by atoms with Crippen molar-refractivity contribution in [1.82, 2.24) is 9.88 Å². The molecule has 27 heavy (non-hydrogen) atoms. The number of benzene rings is 1. The van der Waals surface area contributed by atoms with Gasteiger partial charge in [-0.2, -0.15) is 0 Å². The number of aromatic nitrogens is 1. The third-order valence-corrected chi connectivity index (χ3v) is 5.75. The van der Waals surface area contributed by atoms with Gasteiger partial charge in [-0.05, 0) is 25.3 Å². The molecule has 1 atom stereocenters. The van der Waals surface area contributed by atoms with Crippen molar-refractivity contribution < 1.29 is 9.59 Å². The first-order valence-electron chi connectivity index (χ1n) is 9.39. The number of hydrogen-bond acceptors (Lipinski definition) is 4. The molecular formula is C21H27N3O2S. The van der Waals surface area contributed by atoms with Gasteiger partial charge >= 0.3 is 0 Å². The molecule has 0 saturated carbocycles. The Morgan fingerprint density at radius 1 is 1.22 bits per heavy atom. The quantitative estimate of drug-likeness (QED) is 0.855. The lowest BCUT2D eigenvalue weighted by atomic mass is 9.91. The molecule has 1 saturated heterocycles. The number of piperidine rings is 1. The molecule has 0 radical (unpaired) electrons. The summed E-state index contributed by atoms with van der Waals surface area (Å²) < 4.78 is 0. The molecular weight excluding hydrogens is 358 g/mol. The fraction of sp³-hybridized carbons (Fsp3) is 0.476. The molecule has 6 heteroatoms. The largest absolute Gasteiger partial charge is 0.341 e. The zero-order chi connectivity index (χ0) is 19.6. The third-order valence-electron chi connectivity index (χ3n) is 4.73. The first kappa shape index (κ1) is 19.5. The molecule has 0 aliphatic carbocycles. The summed E-state index contributed by atoms with van der Waals surface area (Å²) in [5.41, 5.74) is 0.622. The van der Waals surface area contributed by atoms with Gasteiger partial charge in [-0.3, -0.25) is 9.59 Å². The molecule has 1 N–H and O–H groups in total. The second kappa shape index (κ2) is 7.80. The highest BCUT2D eigenvalue weighted by atomic mass is 32.1. The summed E-state index contributed by atoms with van der Waals surface area (Å²) >= 11 is 1.57. The van der Waals surface area contributed by atoms with E-state index in [0.717, 1.165) is 34.8 Å². The highest BCUT2D eigenvalue weighted by Crippen LogP contribution is 2.34. The van der Waals surface area contributed by atoms with E-state index < -0.39 is 5.41 Å². The predicted molar refractivity (Wildman–Crippen MR) is 110 cm³/mol. The van der Waals surface area contributed by atoms with E-state index in [1.54, 1.807) is 11.3 Å². The monoisotopic (exact) mass is 385 g/mol. The molecule has 1 fully saturated rings. The molecule has 0 unspecified atom stereocenters. The number of likely N-dealkylation sites (tertiary alicyclic amines) is 1. The highest BCUT2D eigenvalue weighted by molar-refractivity contribution is 7.15. The maximum Gasteiger partial charge on any atom is 0.230 e. The molecule has 3 rings (SSSR count). The highest BCUT2D eigenvalue weighted by Gasteiger charge is 2.33. The maximum atomic E-state index is 12.9. The van der Waals surface area contributed by atoms with E-state index in [9.17, 15) is 9.59 Å². The maximum absolute atomic E-state index is 12.9. The van der Waals surface area contributed by atoms with E-state index >= 15 is 0 Å². The second-order valence-electron chi connectivity index (χ2n) is 8.11. The molecule has 144 valence electrons. The first-order valence-corrected chi connectivity index (χ1v) is 10.2. The fourth-order valence-corrected chi connectivity index (χ4v) is 4.25. The van der Waals surface area contributed by atoms with Crippen LogP contribution in [0.1, 0.15) is 38.6 Å². The average molecular weight is 386 g/mol. The van der Waals surface area contributed by atoms with Gasteiger partial charge in [-0.15, -0.1) is 11.3 Å². The van der Waals surface area contributed by atoms with Crippen molar-refractivity contribution in [1.29, 1.82) is 0 Å². The van der Waals surface area contributed by atoms with E-state index in [-0.39, 0.29) is 17.7 Å². The Bertz CT molecular complexity index is 824. The minimum Gasteiger partial charge on any atom is -0.341 e. The summed E-state index contributed by atoms with van der Waals surface area (Å²) in [5, 5.41) is 3.93. The number of anilines is 1. The van der Waals surface area contributed by atoms with Crippen molar-refractivity contribution >= 4 is 29.0 Å². The van der Waals surface area contributed by atoms with Crippen molar-refractivity contribution in [3.8, 4) is 10.4 Å². The minimum absolute atomic E-state index is 0.0520. The number of hydrogen-bond donors (Lipinski definition) is 1. The smallest absolute Gasteiger partial charge is 0.230 e. The number of nitrogens with one attached hydrogen (secondary N) is 1. The SMILES string of the molecule is Cc1nc(NC(=O)[C@H]2CCCN(C(=O)C(C)(C)C)C2)c(-c2ccccc2)s1. The van der Waals surface area contributed by atoms with Gasteiger partial charge in [0.1, 0.15) is 0 Å². The van der Waals surface area contributed by atoms with Crippen molar-refractivity contribution in [2.24, 2.45) is 11.3 Å². The van der Waals surface area contributed by atoms with Crippen LogP contribution in [-0.2, 0) is 9.59 Å². The summed E-state index contributed by atoms with van der Waals surface area (Å²) in [4.78, 5) is 32.8. The lowest BCUT2D eigenvalue weighted by molar-refractivity contribution is -0.142. The number of aryl methyl sites for hydroxylation is 1. The molecule has 1 aromatic carbocycles. The van der Waals surface area contributed by atoms with Crippen LogP contribution in [0.25, 0.3) is 10.4 Å². The van der Waals surface area contributed by atoms with Gasteiger partial charge in [0.05, 0.1) is 15.8 Å². The molecule has 2 heterocycles. The summed E-state index contributed by atoms with van der Waals surface area (Å²) in [6, 6.07) is 9.97. The van der Waals surface area contributed by atoms with Crippen molar-refractivity contribution in [2.45, 2.75) is 40.5 Å². The molecule has 0 spiro atoms. The predicted octanol–water partition coefficient (Wildman–Crippen LogP) is 4.34. The van der Waals surface area contributed by atoms with E-state index in [2.05, 4.69) is 10.3 Å². The first-order chi connectivity index (χ1) is 12.8. The lowest BCUT2D eigenvalue weighted by Gasteiger charge is -2.35. The van der Waals surface area contributed by atoms with Gasteiger partial charge < -0.3 is 10.2 Å². The van der Waals surface area contributed by atoms with Crippen LogP contribution in [0.15, 0.2) is 30.3 Å². The number of amides is 2. The summed E-state index contributed by atoms with van der Waals surface area (Å²) in [7, 11) is 0. The normalized spacial score (nSPS) is 17.6. The van der Waals surface area contributed by atoms with Gasteiger partial charge in [-0.25, -0.2) is 4.98 Å². The molecule has 0 bridgehead atoms. The van der Waals surface area contributed by atoms with Crippen molar-refractivity contribution in [3.05, 3.63) is 35.3 Å². The average Bonchev–Trinajstić information content (AvgIpc) is 3.01. The Balaban J connectivity index is 1.74. The van der Waals surface area contributed by atoms with E-state index in [4.69, 9.17) is 0 Å². The minimum atomic E-state index is -0.426. The number of carbonyl (C=O) groups excluding carboxylic acids is 2. The van der Waals surface area contributed by atoms with Crippen molar-refractivity contribution in [2.75, 3.05) is 18.4 Å². The Morgan fingerprint density at radius 2 is 1.93 bits per heavy atom. The van der Waals surface area contributed by atoms with Crippen molar-refractivity contribution in [3.63, 3.8) is 0 Å². The van der Waals surface area contributed by atoms with Crippen LogP contribution in [0.3, 0.4) is 0 Å². The van der Waals surface area contributed by atoms with E-state index in [0.29, 0.717) is 12.4 Å². The van der Waals surface area contributed by atoms with Crippen LogP contribution in [-0.4, -0.2) is 34.8 Å². The fourth-order valence-electron chi connectivity index (χ4n) is 3.37. The molecule has 2 amide bonds. The summed E-state index contributed by atoms with van der Waals surface area (Å²) in [5.74, 6) is 0.474. The van der Waals surface area contributed by atoms with Crippen LogP contribution in [0.2, 0.25) is 0 Å². The van der Waals surface area contributed by atoms with Gasteiger partial charge in [0.2, 0.25) is 11.8 Å². The number of carbonyl (C=O) groups is 2. The topological polar surface area (TPSA) is 62.3 Å². The lowest BCUT2D eigenvalue weighted by Crippen LogP contribution is -2.47. The van der Waals surface area contributed by atoms with Crippen LogP contribution < -0.4 is 5.32 Å². The van der Waals surface area contributed by atoms with Crippen LogP contribution in [0.4, 0.5) is 5.82 Å². The summed E-state index contributed by atoms with van der Waals surface area (Å²) in [6.45, 7) is 8.91.